The highest BCUT2D eigenvalue weighted by molar-refractivity contribution is 6.30. The van der Waals surface area contributed by atoms with Gasteiger partial charge in [0, 0.05) is 37.5 Å². The Hall–Kier alpha value is -4.25. The molecule has 38 heavy (non-hydrogen) atoms. The molecule has 0 amide bonds. The lowest BCUT2D eigenvalue weighted by Crippen LogP contribution is -2.45. The second kappa shape index (κ2) is 8.12. The van der Waals surface area contributed by atoms with E-state index in [-0.39, 0.29) is 39.1 Å². The molecular formula is C26H19ClF2N6O3. The van der Waals surface area contributed by atoms with Crippen LogP contribution in [0, 0.1) is 11.6 Å². The molecule has 1 saturated heterocycles. The molecule has 1 aromatic carbocycles. The van der Waals surface area contributed by atoms with Crippen molar-refractivity contribution in [1.82, 2.24) is 23.1 Å². The maximum Gasteiger partial charge on any atom is 0.342 e. The molecule has 12 heteroatoms. The van der Waals surface area contributed by atoms with E-state index in [2.05, 4.69) is 9.88 Å². The molecule has 6 heterocycles. The molecule has 0 radical (unpaired) electrons. The average Bonchev–Trinajstić information content (AvgIpc) is 3.53. The predicted octanol–water partition coefficient (Wildman–Crippen LogP) is 3.26. The Morgan fingerprint density at radius 2 is 1.76 bits per heavy atom. The Bertz CT molecular complexity index is 1990. The Morgan fingerprint density at radius 3 is 2.58 bits per heavy atom. The molecule has 0 spiro atoms. The predicted molar refractivity (Wildman–Crippen MR) is 138 cm³/mol. The molecule has 0 unspecified atom stereocenters. The Labute approximate surface area is 217 Å². The minimum atomic E-state index is -0.829. The molecule has 0 saturated carbocycles. The summed E-state index contributed by atoms with van der Waals surface area (Å²) in [4.78, 5) is 48.1. The van der Waals surface area contributed by atoms with E-state index < -0.39 is 28.4 Å². The number of pyridine rings is 2. The Morgan fingerprint density at radius 1 is 0.921 bits per heavy atom. The summed E-state index contributed by atoms with van der Waals surface area (Å²) in [5.41, 5.74) is -1.71. The number of anilines is 1. The molecule has 4 aromatic heterocycles. The first kappa shape index (κ1) is 22.9. The quantitative estimate of drug-likeness (QED) is 0.346. The molecule has 7 rings (SSSR count). The van der Waals surface area contributed by atoms with Crippen molar-refractivity contribution in [3.63, 3.8) is 0 Å². The van der Waals surface area contributed by atoms with Crippen molar-refractivity contribution in [3.05, 3.63) is 96.6 Å². The van der Waals surface area contributed by atoms with Crippen LogP contribution in [0.5, 0.6) is 0 Å². The fourth-order valence-corrected chi connectivity index (χ4v) is 5.93. The van der Waals surface area contributed by atoms with Crippen molar-refractivity contribution < 1.29 is 8.78 Å². The minimum Gasteiger partial charge on any atom is -0.355 e. The molecule has 5 aromatic rings. The number of rotatable bonds is 2. The Balaban J connectivity index is 1.64. The molecule has 0 N–H and O–H groups in total. The topological polar surface area (TPSA) is 86.5 Å². The van der Waals surface area contributed by atoms with Gasteiger partial charge in [0.15, 0.2) is 0 Å². The lowest BCUT2D eigenvalue weighted by Gasteiger charge is -2.34. The normalized spacial score (nSPS) is 16.8. The fraction of sp³-hybridized carbons (Fsp3) is 0.231. The van der Waals surface area contributed by atoms with Crippen LogP contribution in [-0.2, 0) is 6.54 Å². The monoisotopic (exact) mass is 536 g/mol. The smallest absolute Gasteiger partial charge is 0.342 e. The zero-order valence-corrected chi connectivity index (χ0v) is 20.5. The third-order valence-corrected chi connectivity index (χ3v) is 7.79. The lowest BCUT2D eigenvalue weighted by molar-refractivity contribution is 0.483. The SMILES string of the molecule is O=c1c2c(=O)n(-c3cnc4cc(F)ccn34)c(=O)n(-c3ccc(F)c(Cl)c3)c2cc2n1CC[C@@H]1CCCN21. The van der Waals surface area contributed by atoms with Crippen molar-refractivity contribution >= 4 is 34.0 Å². The number of nitrogens with zero attached hydrogens (tertiary/aromatic N) is 6. The summed E-state index contributed by atoms with van der Waals surface area (Å²) in [6.07, 6.45) is 5.36. The third-order valence-electron chi connectivity index (χ3n) is 7.50. The average molecular weight is 537 g/mol. The van der Waals surface area contributed by atoms with Crippen LogP contribution in [0.3, 0.4) is 0 Å². The second-order valence-corrected chi connectivity index (χ2v) is 9.95. The van der Waals surface area contributed by atoms with Crippen LogP contribution in [0.15, 0.2) is 63.2 Å². The molecule has 2 aliphatic heterocycles. The zero-order valence-electron chi connectivity index (χ0n) is 19.8. The standard InChI is InChI=1S/C26H19ClF2N6O3/c27-17-11-16(3-4-18(17)29)34-19-12-21-31-7-1-2-15(31)6-9-33(21)24(36)23(19)25(37)35(26(34)38)22-13-30-20-10-14(28)5-8-32(20)22/h3-5,8,10-13,15H,1-2,6-7,9H2/t15-/m0/s1. The first-order valence-electron chi connectivity index (χ1n) is 12.1. The van der Waals surface area contributed by atoms with E-state index in [9.17, 15) is 23.2 Å². The lowest BCUT2D eigenvalue weighted by atomic mass is 10.1. The van der Waals surface area contributed by atoms with Gasteiger partial charge in [0.2, 0.25) is 0 Å². The van der Waals surface area contributed by atoms with Gasteiger partial charge in [-0.1, -0.05) is 11.6 Å². The van der Waals surface area contributed by atoms with Gasteiger partial charge in [0.1, 0.15) is 34.3 Å². The molecular weight excluding hydrogens is 518 g/mol. The largest absolute Gasteiger partial charge is 0.355 e. The van der Waals surface area contributed by atoms with Crippen molar-refractivity contribution in [3.8, 4) is 11.5 Å². The van der Waals surface area contributed by atoms with Crippen molar-refractivity contribution in [2.75, 3.05) is 11.4 Å². The summed E-state index contributed by atoms with van der Waals surface area (Å²) >= 11 is 6.07. The van der Waals surface area contributed by atoms with Crippen LogP contribution < -0.4 is 21.7 Å². The Kier molecular flexibility index (Phi) is 4.90. The number of aromatic nitrogens is 5. The van der Waals surface area contributed by atoms with E-state index >= 15 is 0 Å². The van der Waals surface area contributed by atoms with Crippen molar-refractivity contribution in [2.24, 2.45) is 0 Å². The molecule has 2 aliphatic rings. The van der Waals surface area contributed by atoms with Crippen LogP contribution in [0.2, 0.25) is 5.02 Å². The van der Waals surface area contributed by atoms with Crippen LogP contribution in [0.4, 0.5) is 14.6 Å². The summed E-state index contributed by atoms with van der Waals surface area (Å²) in [6, 6.07) is 8.03. The molecule has 0 bridgehead atoms. The number of hydrogen-bond donors (Lipinski definition) is 0. The third kappa shape index (κ3) is 3.14. The van der Waals surface area contributed by atoms with Gasteiger partial charge in [0.25, 0.3) is 11.1 Å². The van der Waals surface area contributed by atoms with Gasteiger partial charge >= 0.3 is 5.69 Å². The molecule has 1 fully saturated rings. The van der Waals surface area contributed by atoms with Gasteiger partial charge in [-0.15, -0.1) is 0 Å². The second-order valence-electron chi connectivity index (χ2n) is 9.54. The summed E-state index contributed by atoms with van der Waals surface area (Å²) < 4.78 is 32.8. The summed E-state index contributed by atoms with van der Waals surface area (Å²) in [7, 11) is 0. The van der Waals surface area contributed by atoms with E-state index in [0.717, 1.165) is 42.5 Å². The fourth-order valence-electron chi connectivity index (χ4n) is 5.75. The molecule has 9 nitrogen and oxygen atoms in total. The zero-order chi connectivity index (χ0) is 26.3. The number of benzene rings is 1. The summed E-state index contributed by atoms with van der Waals surface area (Å²) in [5.74, 6) is -0.549. The number of hydrogen-bond acceptors (Lipinski definition) is 5. The van der Waals surface area contributed by atoms with Gasteiger partial charge in [-0.2, -0.15) is 0 Å². The van der Waals surface area contributed by atoms with E-state index in [1.165, 1.54) is 39.6 Å². The highest BCUT2D eigenvalue weighted by atomic mass is 35.5. The van der Waals surface area contributed by atoms with Crippen LogP contribution >= 0.6 is 11.6 Å². The maximum atomic E-state index is 14.1. The maximum absolute atomic E-state index is 14.1. The van der Waals surface area contributed by atoms with E-state index in [1.807, 2.05) is 0 Å². The summed E-state index contributed by atoms with van der Waals surface area (Å²) in [6.45, 7) is 1.21. The van der Waals surface area contributed by atoms with E-state index in [0.29, 0.717) is 12.4 Å². The van der Waals surface area contributed by atoms with Crippen molar-refractivity contribution in [2.45, 2.75) is 31.8 Å². The van der Waals surface area contributed by atoms with Crippen molar-refractivity contribution in [1.29, 1.82) is 0 Å². The van der Waals surface area contributed by atoms with Gasteiger partial charge in [-0.25, -0.2) is 23.1 Å². The number of halogens is 3. The minimum absolute atomic E-state index is 0.0283. The van der Waals surface area contributed by atoms with Gasteiger partial charge in [-0.3, -0.25) is 23.1 Å². The van der Waals surface area contributed by atoms with Crippen LogP contribution in [0.1, 0.15) is 19.3 Å². The number of fused-ring (bicyclic) bond motifs is 5. The van der Waals surface area contributed by atoms with Gasteiger partial charge in [0.05, 0.1) is 22.4 Å². The molecule has 0 aliphatic carbocycles. The number of imidazole rings is 1. The molecule has 192 valence electrons. The van der Waals surface area contributed by atoms with Gasteiger partial charge < -0.3 is 4.90 Å². The first-order chi connectivity index (χ1) is 18.3. The molecule has 1 atom stereocenters. The first-order valence-corrected chi connectivity index (χ1v) is 12.5. The highest BCUT2D eigenvalue weighted by Crippen LogP contribution is 2.33. The van der Waals surface area contributed by atoms with Crippen LogP contribution in [0.25, 0.3) is 28.1 Å². The highest BCUT2D eigenvalue weighted by Gasteiger charge is 2.33. The van der Waals surface area contributed by atoms with E-state index in [1.54, 1.807) is 10.6 Å². The van der Waals surface area contributed by atoms with E-state index in [4.69, 9.17) is 11.6 Å². The van der Waals surface area contributed by atoms with Crippen LogP contribution in [-0.4, -0.2) is 35.7 Å². The van der Waals surface area contributed by atoms with Gasteiger partial charge in [-0.05, 0) is 43.5 Å². The summed E-state index contributed by atoms with van der Waals surface area (Å²) in [5, 5.41) is -0.427.